The van der Waals surface area contributed by atoms with E-state index in [0.29, 0.717) is 24.0 Å². The first kappa shape index (κ1) is 17.4. The van der Waals surface area contributed by atoms with E-state index in [1.165, 1.54) is 6.07 Å². The number of benzene rings is 1. The molecule has 1 fully saturated rings. The molecule has 1 aromatic carbocycles. The molecule has 0 amide bonds. The summed E-state index contributed by atoms with van der Waals surface area (Å²) in [5.74, 6) is 1.41. The number of nitriles is 1. The number of rotatable bonds is 5. The van der Waals surface area contributed by atoms with Crippen molar-refractivity contribution >= 4 is 5.69 Å². The predicted octanol–water partition coefficient (Wildman–Crippen LogP) is 2.60. The molecular formula is C18H22FN5O. The molecule has 3 rings (SSSR count). The van der Waals surface area contributed by atoms with Gasteiger partial charge in [0, 0.05) is 32.6 Å². The lowest BCUT2D eigenvalue weighted by Gasteiger charge is -2.35. The van der Waals surface area contributed by atoms with Gasteiger partial charge in [-0.2, -0.15) is 10.2 Å². The SMILES string of the molecule is CC(C)Cc1noc(CN2CCN(c3cccc(F)c3C#N)CC2)n1. The number of hydrogen-bond donors (Lipinski definition) is 0. The van der Waals surface area contributed by atoms with E-state index in [1.807, 2.05) is 6.07 Å². The van der Waals surface area contributed by atoms with Crippen LogP contribution in [0.3, 0.4) is 0 Å². The van der Waals surface area contributed by atoms with Gasteiger partial charge in [-0.1, -0.05) is 25.1 Å². The minimum Gasteiger partial charge on any atom is -0.368 e. The highest BCUT2D eigenvalue weighted by molar-refractivity contribution is 5.60. The van der Waals surface area contributed by atoms with Crippen LogP contribution in [0.15, 0.2) is 22.7 Å². The molecule has 1 aliphatic rings. The molecule has 0 atom stereocenters. The summed E-state index contributed by atoms with van der Waals surface area (Å²) in [6.45, 7) is 7.91. The first-order valence-corrected chi connectivity index (χ1v) is 8.54. The minimum atomic E-state index is -0.467. The Bertz CT molecular complexity index is 759. The summed E-state index contributed by atoms with van der Waals surface area (Å²) in [6, 6.07) is 6.73. The van der Waals surface area contributed by atoms with E-state index >= 15 is 0 Å². The van der Waals surface area contributed by atoms with Crippen LogP contribution in [0.4, 0.5) is 10.1 Å². The lowest BCUT2D eigenvalue weighted by molar-refractivity contribution is 0.215. The van der Waals surface area contributed by atoms with Gasteiger partial charge in [0.1, 0.15) is 17.4 Å². The van der Waals surface area contributed by atoms with Crippen LogP contribution in [0.2, 0.25) is 0 Å². The van der Waals surface area contributed by atoms with E-state index in [-0.39, 0.29) is 5.56 Å². The Kier molecular flexibility index (Phi) is 5.29. The highest BCUT2D eigenvalue weighted by Gasteiger charge is 2.22. The van der Waals surface area contributed by atoms with Gasteiger partial charge in [-0.25, -0.2) is 4.39 Å². The molecule has 2 heterocycles. The first-order valence-electron chi connectivity index (χ1n) is 8.54. The molecule has 0 saturated carbocycles. The third-order valence-electron chi connectivity index (χ3n) is 4.28. The topological polar surface area (TPSA) is 69.2 Å². The van der Waals surface area contributed by atoms with Crippen molar-refractivity contribution in [1.82, 2.24) is 15.0 Å². The van der Waals surface area contributed by atoms with Crippen LogP contribution in [0.25, 0.3) is 0 Å². The van der Waals surface area contributed by atoms with E-state index < -0.39 is 5.82 Å². The lowest BCUT2D eigenvalue weighted by Crippen LogP contribution is -2.46. The predicted molar refractivity (Wildman–Crippen MR) is 91.4 cm³/mol. The molecule has 0 bridgehead atoms. The number of piperazine rings is 1. The van der Waals surface area contributed by atoms with E-state index in [1.54, 1.807) is 12.1 Å². The molecule has 1 aromatic heterocycles. The zero-order valence-corrected chi connectivity index (χ0v) is 14.6. The normalized spacial score (nSPS) is 15.6. The van der Waals surface area contributed by atoms with E-state index in [0.717, 1.165) is 38.4 Å². The molecule has 0 N–H and O–H groups in total. The summed E-state index contributed by atoms with van der Waals surface area (Å²) >= 11 is 0. The summed E-state index contributed by atoms with van der Waals surface area (Å²) in [4.78, 5) is 8.72. The molecule has 6 nitrogen and oxygen atoms in total. The Morgan fingerprint density at radius 1 is 1.28 bits per heavy atom. The van der Waals surface area contributed by atoms with Crippen molar-refractivity contribution in [2.24, 2.45) is 5.92 Å². The quantitative estimate of drug-likeness (QED) is 0.831. The third-order valence-corrected chi connectivity index (χ3v) is 4.28. The molecule has 1 saturated heterocycles. The van der Waals surface area contributed by atoms with Gasteiger partial charge in [-0.05, 0) is 18.1 Å². The van der Waals surface area contributed by atoms with Crippen LogP contribution >= 0.6 is 0 Å². The average Bonchev–Trinajstić information content (AvgIpc) is 3.01. The smallest absolute Gasteiger partial charge is 0.240 e. The molecule has 0 unspecified atom stereocenters. The second-order valence-electron chi connectivity index (χ2n) is 6.71. The fourth-order valence-electron chi connectivity index (χ4n) is 3.03. The van der Waals surface area contributed by atoms with Crippen LogP contribution in [0.5, 0.6) is 0 Å². The van der Waals surface area contributed by atoms with E-state index in [4.69, 9.17) is 4.52 Å². The molecule has 1 aliphatic heterocycles. The Morgan fingerprint density at radius 3 is 2.72 bits per heavy atom. The van der Waals surface area contributed by atoms with Gasteiger partial charge in [0.25, 0.3) is 0 Å². The average molecular weight is 343 g/mol. The summed E-state index contributed by atoms with van der Waals surface area (Å²) in [6.07, 6.45) is 0.813. The standard InChI is InChI=1S/C18H22FN5O/c1-13(2)10-17-21-18(25-22-17)12-23-6-8-24(9-7-23)16-5-3-4-15(19)14(16)11-20/h3-5,13H,6-10,12H2,1-2H3. The van der Waals surface area contributed by atoms with Crippen LogP contribution in [-0.4, -0.2) is 41.2 Å². The van der Waals surface area contributed by atoms with Gasteiger partial charge >= 0.3 is 0 Å². The Morgan fingerprint density at radius 2 is 2.04 bits per heavy atom. The molecule has 2 aromatic rings. The van der Waals surface area contributed by atoms with Gasteiger partial charge in [-0.3, -0.25) is 4.90 Å². The lowest BCUT2D eigenvalue weighted by atomic mass is 10.1. The van der Waals surface area contributed by atoms with Crippen molar-refractivity contribution in [2.45, 2.75) is 26.8 Å². The van der Waals surface area contributed by atoms with Gasteiger partial charge in [0.15, 0.2) is 5.82 Å². The number of nitrogens with zero attached hydrogens (tertiary/aromatic N) is 5. The van der Waals surface area contributed by atoms with Gasteiger partial charge in [0.2, 0.25) is 5.89 Å². The molecule has 0 spiro atoms. The zero-order chi connectivity index (χ0) is 17.8. The number of hydrogen-bond acceptors (Lipinski definition) is 6. The number of anilines is 1. The molecule has 132 valence electrons. The number of halogens is 1. The molecule has 7 heteroatoms. The first-order chi connectivity index (χ1) is 12.1. The van der Waals surface area contributed by atoms with Crippen molar-refractivity contribution in [3.63, 3.8) is 0 Å². The maximum absolute atomic E-state index is 13.8. The van der Waals surface area contributed by atoms with Crippen molar-refractivity contribution < 1.29 is 8.91 Å². The largest absolute Gasteiger partial charge is 0.368 e. The van der Waals surface area contributed by atoms with Gasteiger partial charge < -0.3 is 9.42 Å². The fraction of sp³-hybridized carbons (Fsp3) is 0.500. The van der Waals surface area contributed by atoms with Crippen molar-refractivity contribution in [3.8, 4) is 6.07 Å². The molecule has 25 heavy (non-hydrogen) atoms. The second-order valence-corrected chi connectivity index (χ2v) is 6.71. The minimum absolute atomic E-state index is 0.117. The fourth-order valence-corrected chi connectivity index (χ4v) is 3.03. The second kappa shape index (κ2) is 7.62. The highest BCUT2D eigenvalue weighted by atomic mass is 19.1. The third kappa shape index (κ3) is 4.15. The Labute approximate surface area is 146 Å². The monoisotopic (exact) mass is 343 g/mol. The van der Waals surface area contributed by atoms with Gasteiger partial charge in [0.05, 0.1) is 12.2 Å². The van der Waals surface area contributed by atoms with Crippen LogP contribution in [0.1, 0.15) is 31.1 Å². The zero-order valence-electron chi connectivity index (χ0n) is 14.6. The van der Waals surface area contributed by atoms with Gasteiger partial charge in [-0.15, -0.1) is 0 Å². The Hall–Kier alpha value is -2.46. The molecule has 0 radical (unpaired) electrons. The van der Waals surface area contributed by atoms with E-state index in [2.05, 4.69) is 33.8 Å². The molecular weight excluding hydrogens is 321 g/mol. The maximum atomic E-state index is 13.8. The van der Waals surface area contributed by atoms with Crippen LogP contribution in [-0.2, 0) is 13.0 Å². The van der Waals surface area contributed by atoms with Crippen molar-refractivity contribution in [1.29, 1.82) is 5.26 Å². The maximum Gasteiger partial charge on any atom is 0.240 e. The Balaban J connectivity index is 1.58. The summed E-state index contributed by atoms with van der Waals surface area (Å²) in [7, 11) is 0. The molecule has 0 aliphatic carbocycles. The van der Waals surface area contributed by atoms with Crippen molar-refractivity contribution in [2.75, 3.05) is 31.1 Å². The summed E-state index contributed by atoms with van der Waals surface area (Å²) in [5.41, 5.74) is 0.783. The summed E-state index contributed by atoms with van der Waals surface area (Å²) in [5, 5.41) is 13.2. The number of aromatic nitrogens is 2. The van der Waals surface area contributed by atoms with Crippen LogP contribution in [0, 0.1) is 23.1 Å². The summed E-state index contributed by atoms with van der Waals surface area (Å²) < 4.78 is 19.1. The van der Waals surface area contributed by atoms with Crippen LogP contribution < -0.4 is 4.90 Å². The van der Waals surface area contributed by atoms with Crippen molar-refractivity contribution in [3.05, 3.63) is 41.3 Å². The van der Waals surface area contributed by atoms with E-state index in [9.17, 15) is 9.65 Å². The highest BCUT2D eigenvalue weighted by Crippen LogP contribution is 2.24.